The standard InChI is InChI=1S/C34H39N3O10S/c1-7-8-36-20-10-18-9-14(2)28(43-6)27(40)22(18)25(36)26-32-24-23(31-30(45-13-46-31)15(3)29(24)47-17(5)39)21(37(26)33(20)41)11-44-34(42)19(12-48-32)35-16(4)38/h7,9,19-21,25-26,32-33,40-41H,1,8,10-13H2,2-6H3,(H,35,38)/t19?,20?,21-,25?,26?,32+,33-/m0/s1. The monoisotopic (exact) mass is 681 g/mol. The van der Waals surface area contributed by atoms with Gasteiger partial charge in [0.2, 0.25) is 12.7 Å². The maximum absolute atomic E-state index is 13.4. The summed E-state index contributed by atoms with van der Waals surface area (Å²) in [6.07, 6.45) is 1.14. The number of carbonyl (C=O) groups excluding carboxylic acids is 3. The number of fused-ring (bicyclic) bond motifs is 9. The second kappa shape index (κ2) is 12.2. The summed E-state index contributed by atoms with van der Waals surface area (Å²) < 4.78 is 29.6. The zero-order valence-electron chi connectivity index (χ0n) is 27.4. The van der Waals surface area contributed by atoms with Gasteiger partial charge in [-0.25, -0.2) is 4.79 Å². The Hall–Kier alpha value is -3.98. The number of aliphatic hydroxyl groups is 1. The fraction of sp³-hybridized carbons (Fsp3) is 0.500. The van der Waals surface area contributed by atoms with Gasteiger partial charge >= 0.3 is 11.9 Å². The molecule has 48 heavy (non-hydrogen) atoms. The van der Waals surface area contributed by atoms with Crippen LogP contribution in [0.15, 0.2) is 18.7 Å². The molecule has 5 aliphatic rings. The highest BCUT2D eigenvalue weighted by Gasteiger charge is 2.61. The molecule has 0 aromatic heterocycles. The van der Waals surface area contributed by atoms with Crippen LogP contribution >= 0.6 is 11.8 Å². The van der Waals surface area contributed by atoms with E-state index in [-0.39, 0.29) is 30.8 Å². The van der Waals surface area contributed by atoms with Gasteiger partial charge in [0.1, 0.15) is 24.6 Å². The molecular formula is C34H39N3O10S. The van der Waals surface area contributed by atoms with Gasteiger partial charge in [0.15, 0.2) is 23.0 Å². The van der Waals surface area contributed by atoms with Crippen molar-refractivity contribution in [1.82, 2.24) is 15.1 Å². The van der Waals surface area contributed by atoms with Gasteiger partial charge in [0, 0.05) is 54.4 Å². The Labute approximate surface area is 282 Å². The Morgan fingerprint density at radius 2 is 1.90 bits per heavy atom. The average molecular weight is 682 g/mol. The Bertz CT molecular complexity index is 1730. The van der Waals surface area contributed by atoms with Crippen LogP contribution in [0.4, 0.5) is 0 Å². The number of cyclic esters (lactones) is 1. The van der Waals surface area contributed by atoms with Gasteiger partial charge in [0.05, 0.1) is 30.5 Å². The topological polar surface area (TPSA) is 156 Å². The summed E-state index contributed by atoms with van der Waals surface area (Å²) in [6.45, 7) is 10.5. The first-order valence-corrected chi connectivity index (χ1v) is 16.9. The summed E-state index contributed by atoms with van der Waals surface area (Å²) >= 11 is 1.37. The lowest BCUT2D eigenvalue weighted by Gasteiger charge is -2.62. The maximum Gasteiger partial charge on any atom is 0.329 e. The molecule has 14 heteroatoms. The molecule has 2 aromatic carbocycles. The number of thioether (sulfide) groups is 1. The van der Waals surface area contributed by atoms with E-state index in [2.05, 4.69) is 16.8 Å². The maximum atomic E-state index is 13.4. The van der Waals surface area contributed by atoms with Gasteiger partial charge < -0.3 is 39.2 Å². The average Bonchev–Trinajstić information content (AvgIpc) is 3.52. The number of piperazine rings is 1. The molecule has 13 nitrogen and oxygen atoms in total. The number of carbonyl (C=O) groups is 3. The number of methoxy groups -OCH3 is 1. The first-order chi connectivity index (χ1) is 23.0. The Morgan fingerprint density at radius 1 is 1.15 bits per heavy atom. The van der Waals surface area contributed by atoms with E-state index < -0.39 is 53.6 Å². The van der Waals surface area contributed by atoms with Crippen LogP contribution in [0.3, 0.4) is 0 Å². The van der Waals surface area contributed by atoms with Crippen molar-refractivity contribution in [3.05, 3.63) is 52.1 Å². The first-order valence-electron chi connectivity index (χ1n) is 15.9. The van der Waals surface area contributed by atoms with Crippen LogP contribution in [-0.4, -0.2) is 95.0 Å². The highest BCUT2D eigenvalue weighted by Crippen LogP contribution is 2.64. The minimum atomic E-state index is -1.06. The number of benzene rings is 2. The van der Waals surface area contributed by atoms with E-state index in [1.807, 2.05) is 17.9 Å². The van der Waals surface area contributed by atoms with E-state index in [4.69, 9.17) is 23.7 Å². The lowest BCUT2D eigenvalue weighted by Crippen LogP contribution is -2.70. The van der Waals surface area contributed by atoms with Crippen molar-refractivity contribution in [1.29, 1.82) is 0 Å². The number of aliphatic hydroxyl groups excluding tert-OH is 1. The van der Waals surface area contributed by atoms with Crippen LogP contribution in [0.5, 0.6) is 28.7 Å². The normalized spacial score (nSPS) is 28.8. The largest absolute Gasteiger partial charge is 0.504 e. The summed E-state index contributed by atoms with van der Waals surface area (Å²) in [5.41, 5.74) is 4.16. The number of ether oxygens (including phenoxy) is 5. The number of nitrogens with zero attached hydrogens (tertiary/aromatic N) is 2. The molecule has 3 N–H and O–H groups in total. The predicted octanol–water partition coefficient (Wildman–Crippen LogP) is 2.72. The molecule has 4 bridgehead atoms. The molecule has 7 rings (SSSR count). The number of rotatable bonds is 5. The van der Waals surface area contributed by atoms with Gasteiger partial charge in [-0.05, 0) is 31.4 Å². The highest BCUT2D eigenvalue weighted by atomic mass is 32.2. The minimum Gasteiger partial charge on any atom is -0.504 e. The molecule has 2 aromatic rings. The van der Waals surface area contributed by atoms with Gasteiger partial charge in [0.25, 0.3) is 0 Å². The van der Waals surface area contributed by atoms with Crippen LogP contribution < -0.4 is 24.3 Å². The molecular weight excluding hydrogens is 642 g/mol. The van der Waals surface area contributed by atoms with E-state index in [0.717, 1.165) is 11.1 Å². The van der Waals surface area contributed by atoms with Crippen molar-refractivity contribution in [3.8, 4) is 28.7 Å². The summed E-state index contributed by atoms with van der Waals surface area (Å²) in [7, 11) is 1.52. The number of phenols is 1. The molecule has 0 spiro atoms. The van der Waals surface area contributed by atoms with Crippen LogP contribution in [0.1, 0.15) is 64.6 Å². The lowest BCUT2D eigenvalue weighted by molar-refractivity contribution is -0.188. The number of nitrogens with one attached hydrogen (secondary N) is 1. The zero-order chi connectivity index (χ0) is 34.2. The molecule has 5 heterocycles. The summed E-state index contributed by atoms with van der Waals surface area (Å²) in [5.74, 6) is 0.124. The Balaban J connectivity index is 1.54. The van der Waals surface area contributed by atoms with E-state index >= 15 is 0 Å². The number of hydrogen-bond acceptors (Lipinski definition) is 13. The molecule has 256 valence electrons. The van der Waals surface area contributed by atoms with E-state index in [0.29, 0.717) is 58.2 Å². The Kier molecular flexibility index (Phi) is 8.25. The quantitative estimate of drug-likeness (QED) is 0.241. The van der Waals surface area contributed by atoms with Crippen LogP contribution in [0.2, 0.25) is 0 Å². The smallest absolute Gasteiger partial charge is 0.329 e. The minimum absolute atomic E-state index is 0.0178. The highest BCUT2D eigenvalue weighted by molar-refractivity contribution is 7.99. The SMILES string of the molecule is C=CCN1C2c3c(cc(C)c(OC)c3O)CC1[C@H](O)N1C2[C@@H]2SCC(NC(C)=O)C(=O)OC[C@H]1c1c3c(c(C)c(OC(C)=O)c12)OCO3. The molecule has 0 radical (unpaired) electrons. The third-order valence-electron chi connectivity index (χ3n) is 10.0. The van der Waals surface area contributed by atoms with Crippen molar-refractivity contribution < 1.29 is 48.3 Å². The number of esters is 2. The molecule has 2 fully saturated rings. The van der Waals surface area contributed by atoms with Gasteiger partial charge in [-0.15, -0.1) is 18.3 Å². The van der Waals surface area contributed by atoms with Gasteiger partial charge in [-0.1, -0.05) is 12.1 Å². The molecule has 1 amide bonds. The molecule has 4 unspecified atom stereocenters. The van der Waals surface area contributed by atoms with Crippen molar-refractivity contribution in [3.63, 3.8) is 0 Å². The second-order valence-corrected chi connectivity index (χ2v) is 14.0. The second-order valence-electron chi connectivity index (χ2n) is 12.8. The molecule has 0 saturated carbocycles. The molecule has 7 atom stereocenters. The number of phenolic OH excluding ortho intramolecular Hbond substituents is 1. The summed E-state index contributed by atoms with van der Waals surface area (Å²) in [4.78, 5) is 42.4. The summed E-state index contributed by atoms with van der Waals surface area (Å²) in [6, 6.07) is -1.27. The van der Waals surface area contributed by atoms with Crippen LogP contribution in [0, 0.1) is 13.8 Å². The van der Waals surface area contributed by atoms with Crippen molar-refractivity contribution in [2.45, 2.75) is 75.8 Å². The molecule has 2 saturated heterocycles. The first kappa shape index (κ1) is 32.6. The zero-order valence-corrected chi connectivity index (χ0v) is 28.2. The number of aryl methyl sites for hydroxylation is 1. The van der Waals surface area contributed by atoms with E-state index in [9.17, 15) is 24.6 Å². The van der Waals surface area contributed by atoms with Crippen LogP contribution in [0.25, 0.3) is 0 Å². The van der Waals surface area contributed by atoms with Crippen molar-refractivity contribution >= 4 is 29.6 Å². The van der Waals surface area contributed by atoms with Crippen LogP contribution in [-0.2, 0) is 25.5 Å². The fourth-order valence-electron chi connectivity index (χ4n) is 8.37. The third-order valence-corrected chi connectivity index (χ3v) is 11.4. The molecule has 5 aliphatic heterocycles. The number of aromatic hydroxyl groups is 1. The van der Waals surface area contributed by atoms with E-state index in [1.54, 1.807) is 13.0 Å². The molecule has 0 aliphatic carbocycles. The van der Waals surface area contributed by atoms with Crippen molar-refractivity contribution in [2.24, 2.45) is 0 Å². The lowest BCUT2D eigenvalue weighted by atomic mass is 9.72. The van der Waals surface area contributed by atoms with Gasteiger partial charge in [-0.2, -0.15) is 0 Å². The number of amides is 1. The van der Waals surface area contributed by atoms with Crippen molar-refractivity contribution in [2.75, 3.05) is 32.8 Å². The van der Waals surface area contributed by atoms with E-state index in [1.165, 1.54) is 32.7 Å². The fourth-order valence-corrected chi connectivity index (χ4v) is 9.88. The van der Waals surface area contributed by atoms with Gasteiger partial charge in [-0.3, -0.25) is 19.4 Å². The Morgan fingerprint density at radius 3 is 2.58 bits per heavy atom. The predicted molar refractivity (Wildman–Crippen MR) is 173 cm³/mol. The number of hydrogen-bond donors (Lipinski definition) is 3. The third kappa shape index (κ3) is 4.83. The summed E-state index contributed by atoms with van der Waals surface area (Å²) in [5, 5.41) is 26.5.